The Morgan fingerprint density at radius 1 is 0.583 bits per heavy atom. The van der Waals surface area contributed by atoms with Gasteiger partial charge in [-0.1, -0.05) is 121 Å². The third-order valence-corrected chi connectivity index (χ3v) is 4.75. The zero-order valence-electron chi connectivity index (χ0n) is 16.1. The van der Waals surface area contributed by atoms with Crippen molar-refractivity contribution < 1.29 is 4.74 Å². The van der Waals surface area contributed by atoms with Crippen molar-refractivity contribution in [2.24, 2.45) is 0 Å². The summed E-state index contributed by atoms with van der Waals surface area (Å²) in [4.78, 5) is 0. The van der Waals surface area contributed by atoms with Crippen molar-refractivity contribution in [2.75, 3.05) is 6.61 Å². The van der Waals surface area contributed by atoms with Crippen molar-refractivity contribution in [1.82, 2.24) is 0 Å². The quantitative estimate of drug-likeness (QED) is 0.266. The molecule has 0 radical (unpaired) electrons. The van der Waals surface area contributed by atoms with Crippen LogP contribution in [0.15, 0.2) is 30.3 Å². The highest BCUT2D eigenvalue weighted by atomic mass is 16.5. The number of hydrogen-bond acceptors (Lipinski definition) is 1. The van der Waals surface area contributed by atoms with E-state index in [0.29, 0.717) is 0 Å². The highest BCUT2D eigenvalue weighted by molar-refractivity contribution is 5.13. The second-order valence-corrected chi connectivity index (χ2v) is 7.13. The molecule has 1 nitrogen and oxygen atoms in total. The predicted octanol–water partition coefficient (Wildman–Crippen LogP) is 7.68. The van der Waals surface area contributed by atoms with E-state index in [-0.39, 0.29) is 0 Å². The van der Waals surface area contributed by atoms with Gasteiger partial charge in [0.1, 0.15) is 0 Å². The van der Waals surface area contributed by atoms with E-state index in [1.54, 1.807) is 0 Å². The van der Waals surface area contributed by atoms with E-state index in [9.17, 15) is 0 Å². The van der Waals surface area contributed by atoms with E-state index in [4.69, 9.17) is 4.74 Å². The van der Waals surface area contributed by atoms with Crippen molar-refractivity contribution >= 4 is 0 Å². The van der Waals surface area contributed by atoms with E-state index < -0.39 is 0 Å². The zero-order chi connectivity index (χ0) is 17.1. The fraction of sp³-hybridized carbons (Fsp3) is 0.739. The van der Waals surface area contributed by atoms with E-state index >= 15 is 0 Å². The first-order valence-corrected chi connectivity index (χ1v) is 10.5. The fourth-order valence-corrected chi connectivity index (χ4v) is 3.16. The third-order valence-electron chi connectivity index (χ3n) is 4.75. The van der Waals surface area contributed by atoms with Crippen LogP contribution in [0.2, 0.25) is 0 Å². The molecule has 0 atom stereocenters. The van der Waals surface area contributed by atoms with Gasteiger partial charge in [-0.3, -0.25) is 0 Å². The molecule has 0 aliphatic heterocycles. The van der Waals surface area contributed by atoms with Crippen LogP contribution < -0.4 is 0 Å². The third kappa shape index (κ3) is 13.6. The molecule has 1 heteroatoms. The Morgan fingerprint density at radius 2 is 1.04 bits per heavy atom. The largest absolute Gasteiger partial charge is 0.377 e. The number of ether oxygens (including phenoxy) is 1. The van der Waals surface area contributed by atoms with Crippen LogP contribution in [0.3, 0.4) is 0 Å². The van der Waals surface area contributed by atoms with Gasteiger partial charge in [0.15, 0.2) is 0 Å². The minimum absolute atomic E-state index is 0.763. The summed E-state index contributed by atoms with van der Waals surface area (Å²) in [7, 11) is 0. The first-order valence-electron chi connectivity index (χ1n) is 10.5. The molecular formula is C23H40O. The summed E-state index contributed by atoms with van der Waals surface area (Å²) in [5.74, 6) is 0. The maximum Gasteiger partial charge on any atom is 0.0716 e. The van der Waals surface area contributed by atoms with Crippen molar-refractivity contribution in [2.45, 2.75) is 103 Å². The molecule has 24 heavy (non-hydrogen) atoms. The molecule has 0 saturated carbocycles. The van der Waals surface area contributed by atoms with Crippen LogP contribution in [0.1, 0.15) is 102 Å². The standard InChI is InChI=1S/C23H40O/c1-2-3-4-5-6-7-8-9-10-11-12-13-14-18-21-24-22-23-19-16-15-17-20-23/h15-17,19-20H,2-14,18,21-22H2,1H3. The van der Waals surface area contributed by atoms with Crippen molar-refractivity contribution in [1.29, 1.82) is 0 Å². The lowest BCUT2D eigenvalue weighted by Crippen LogP contribution is -1.95. The van der Waals surface area contributed by atoms with Crippen molar-refractivity contribution in [3.63, 3.8) is 0 Å². The summed E-state index contributed by atoms with van der Waals surface area (Å²) >= 11 is 0. The number of unbranched alkanes of at least 4 members (excludes halogenated alkanes) is 13. The van der Waals surface area contributed by atoms with Crippen LogP contribution in [0, 0.1) is 0 Å². The Kier molecular flexibility index (Phi) is 15.0. The molecule has 0 unspecified atom stereocenters. The van der Waals surface area contributed by atoms with Crippen LogP contribution in [0.5, 0.6) is 0 Å². The lowest BCUT2D eigenvalue weighted by Gasteiger charge is -2.05. The zero-order valence-corrected chi connectivity index (χ0v) is 16.1. The molecule has 138 valence electrons. The topological polar surface area (TPSA) is 9.23 Å². The highest BCUT2D eigenvalue weighted by Gasteiger charge is 1.95. The Hall–Kier alpha value is -0.820. The maximum absolute atomic E-state index is 5.73. The minimum atomic E-state index is 0.763. The number of rotatable bonds is 17. The Morgan fingerprint density at radius 3 is 1.54 bits per heavy atom. The van der Waals surface area contributed by atoms with Crippen LogP contribution in [0.4, 0.5) is 0 Å². The lowest BCUT2D eigenvalue weighted by atomic mass is 10.0. The van der Waals surface area contributed by atoms with E-state index in [0.717, 1.165) is 13.2 Å². The molecule has 0 fully saturated rings. The Balaban J connectivity index is 1.70. The molecule has 0 saturated heterocycles. The van der Waals surface area contributed by atoms with Gasteiger partial charge in [-0.15, -0.1) is 0 Å². The first-order chi connectivity index (χ1) is 11.9. The number of benzene rings is 1. The normalized spacial score (nSPS) is 11.0. The first kappa shape index (κ1) is 21.2. The summed E-state index contributed by atoms with van der Waals surface area (Å²) in [5.41, 5.74) is 1.28. The van der Waals surface area contributed by atoms with Gasteiger partial charge in [0.05, 0.1) is 6.61 Å². The van der Waals surface area contributed by atoms with Gasteiger partial charge >= 0.3 is 0 Å². The molecule has 1 aromatic rings. The van der Waals surface area contributed by atoms with E-state index in [2.05, 4.69) is 37.3 Å². The Labute approximate surface area is 151 Å². The second kappa shape index (κ2) is 17.0. The highest BCUT2D eigenvalue weighted by Crippen LogP contribution is 2.13. The second-order valence-electron chi connectivity index (χ2n) is 7.13. The van der Waals surface area contributed by atoms with Crippen molar-refractivity contribution in [3.05, 3.63) is 35.9 Å². The smallest absolute Gasteiger partial charge is 0.0716 e. The van der Waals surface area contributed by atoms with E-state index in [1.165, 1.54) is 95.5 Å². The summed E-state index contributed by atoms with van der Waals surface area (Å²) in [6.45, 7) is 3.96. The average molecular weight is 333 g/mol. The molecule has 1 rings (SSSR count). The van der Waals surface area contributed by atoms with Gasteiger partial charge in [-0.2, -0.15) is 0 Å². The fourth-order valence-electron chi connectivity index (χ4n) is 3.16. The maximum atomic E-state index is 5.73. The minimum Gasteiger partial charge on any atom is -0.377 e. The van der Waals surface area contributed by atoms with Gasteiger partial charge < -0.3 is 4.74 Å². The van der Waals surface area contributed by atoms with Gasteiger partial charge in [-0.25, -0.2) is 0 Å². The molecule has 0 aromatic heterocycles. The monoisotopic (exact) mass is 332 g/mol. The summed E-state index contributed by atoms with van der Waals surface area (Å²) < 4.78 is 5.73. The molecule has 0 aliphatic rings. The molecule has 0 amide bonds. The van der Waals surface area contributed by atoms with Gasteiger partial charge in [-0.05, 0) is 12.0 Å². The average Bonchev–Trinajstić information content (AvgIpc) is 2.62. The van der Waals surface area contributed by atoms with E-state index in [1.807, 2.05) is 0 Å². The molecule has 0 bridgehead atoms. The lowest BCUT2D eigenvalue weighted by molar-refractivity contribution is 0.116. The molecule has 0 N–H and O–H groups in total. The molecule has 0 aliphatic carbocycles. The van der Waals surface area contributed by atoms with Gasteiger partial charge in [0, 0.05) is 6.61 Å². The molecule has 0 heterocycles. The predicted molar refractivity (Wildman–Crippen MR) is 106 cm³/mol. The van der Waals surface area contributed by atoms with Crippen LogP contribution in [-0.2, 0) is 11.3 Å². The van der Waals surface area contributed by atoms with Crippen LogP contribution in [-0.4, -0.2) is 6.61 Å². The number of hydrogen-bond donors (Lipinski definition) is 0. The van der Waals surface area contributed by atoms with Crippen molar-refractivity contribution in [3.8, 4) is 0 Å². The van der Waals surface area contributed by atoms with Crippen LogP contribution >= 0.6 is 0 Å². The van der Waals surface area contributed by atoms with Crippen LogP contribution in [0.25, 0.3) is 0 Å². The molecule has 0 spiro atoms. The summed E-state index contributed by atoms with van der Waals surface area (Å²) in [6, 6.07) is 10.5. The Bertz CT molecular complexity index is 346. The van der Waals surface area contributed by atoms with Gasteiger partial charge in [0.25, 0.3) is 0 Å². The molecule has 1 aromatic carbocycles. The van der Waals surface area contributed by atoms with Gasteiger partial charge in [0.2, 0.25) is 0 Å². The summed E-state index contributed by atoms with van der Waals surface area (Å²) in [6.07, 6.45) is 19.7. The summed E-state index contributed by atoms with van der Waals surface area (Å²) in [5, 5.41) is 0. The molecular weight excluding hydrogens is 292 g/mol. The SMILES string of the molecule is CCCCCCCCCCCCCCCCOCc1ccccc1.